The first-order chi connectivity index (χ1) is 12.4. The maximum absolute atomic E-state index is 11.8. The van der Waals surface area contributed by atoms with Crippen LogP contribution >= 0.6 is 15.9 Å². The van der Waals surface area contributed by atoms with E-state index in [1.165, 1.54) is 24.3 Å². The third-order valence-electron chi connectivity index (χ3n) is 3.28. The molecule has 0 atom stereocenters. The lowest BCUT2D eigenvalue weighted by Gasteiger charge is -2.08. The Balaban J connectivity index is 1.90. The Morgan fingerprint density at radius 3 is 2.69 bits per heavy atom. The SMILES string of the molecule is Cc1ccc(NC(=O)COC(=O)/C=C/c2ccccc2[N+](=O)[O-])c(Br)c1. The number of nitro groups is 1. The Labute approximate surface area is 157 Å². The molecule has 0 fully saturated rings. The molecule has 1 N–H and O–H groups in total. The molecule has 0 aliphatic heterocycles. The number of amides is 1. The van der Waals surface area contributed by atoms with Gasteiger partial charge < -0.3 is 10.1 Å². The van der Waals surface area contributed by atoms with Crippen LogP contribution in [0.1, 0.15) is 11.1 Å². The molecule has 0 heterocycles. The summed E-state index contributed by atoms with van der Waals surface area (Å²) in [5, 5.41) is 13.5. The zero-order chi connectivity index (χ0) is 19.1. The minimum Gasteiger partial charge on any atom is -0.452 e. The number of anilines is 1. The smallest absolute Gasteiger partial charge is 0.331 e. The molecule has 26 heavy (non-hydrogen) atoms. The van der Waals surface area contributed by atoms with Crippen LogP contribution in [0.2, 0.25) is 0 Å². The van der Waals surface area contributed by atoms with E-state index in [0.29, 0.717) is 10.2 Å². The number of halogens is 1. The van der Waals surface area contributed by atoms with Crippen molar-refractivity contribution < 1.29 is 19.2 Å². The topological polar surface area (TPSA) is 98.5 Å². The van der Waals surface area contributed by atoms with E-state index >= 15 is 0 Å². The molecule has 0 saturated heterocycles. The first kappa shape index (κ1) is 19.3. The number of hydrogen-bond donors (Lipinski definition) is 1. The number of aryl methyl sites for hydroxylation is 1. The van der Waals surface area contributed by atoms with Crippen LogP contribution < -0.4 is 5.32 Å². The maximum Gasteiger partial charge on any atom is 0.331 e. The summed E-state index contributed by atoms with van der Waals surface area (Å²) >= 11 is 3.34. The van der Waals surface area contributed by atoms with Gasteiger partial charge in [-0.25, -0.2) is 4.79 Å². The maximum atomic E-state index is 11.8. The van der Waals surface area contributed by atoms with Gasteiger partial charge in [0, 0.05) is 16.6 Å². The summed E-state index contributed by atoms with van der Waals surface area (Å²) in [6, 6.07) is 11.4. The van der Waals surface area contributed by atoms with Gasteiger partial charge in [-0.3, -0.25) is 14.9 Å². The van der Waals surface area contributed by atoms with Crippen molar-refractivity contribution in [1.82, 2.24) is 0 Å². The molecule has 0 aromatic heterocycles. The Bertz CT molecular complexity index is 880. The zero-order valence-electron chi connectivity index (χ0n) is 13.8. The number of esters is 1. The molecule has 0 aliphatic carbocycles. The van der Waals surface area contributed by atoms with Crippen molar-refractivity contribution >= 4 is 45.3 Å². The first-order valence-electron chi connectivity index (χ1n) is 7.51. The molecule has 7 nitrogen and oxygen atoms in total. The number of benzene rings is 2. The summed E-state index contributed by atoms with van der Waals surface area (Å²) < 4.78 is 5.55. The normalized spacial score (nSPS) is 10.5. The van der Waals surface area contributed by atoms with E-state index in [-0.39, 0.29) is 11.3 Å². The fraction of sp³-hybridized carbons (Fsp3) is 0.111. The molecule has 2 aromatic carbocycles. The van der Waals surface area contributed by atoms with Crippen molar-refractivity contribution in [3.8, 4) is 0 Å². The van der Waals surface area contributed by atoms with Crippen LogP contribution in [0.15, 0.2) is 53.0 Å². The van der Waals surface area contributed by atoms with Gasteiger partial charge in [-0.1, -0.05) is 18.2 Å². The van der Waals surface area contributed by atoms with E-state index in [1.54, 1.807) is 12.1 Å². The predicted molar refractivity (Wildman–Crippen MR) is 101 cm³/mol. The summed E-state index contributed by atoms with van der Waals surface area (Å²) in [5.74, 6) is -1.27. The van der Waals surface area contributed by atoms with Gasteiger partial charge in [-0.05, 0) is 52.7 Å². The molecule has 0 unspecified atom stereocenters. The second kappa shape index (κ2) is 8.91. The number of nitrogens with zero attached hydrogens (tertiary/aromatic N) is 1. The van der Waals surface area contributed by atoms with Crippen LogP contribution in [0, 0.1) is 17.0 Å². The van der Waals surface area contributed by atoms with E-state index in [1.807, 2.05) is 19.1 Å². The van der Waals surface area contributed by atoms with E-state index in [4.69, 9.17) is 4.74 Å². The van der Waals surface area contributed by atoms with Crippen molar-refractivity contribution in [3.05, 3.63) is 74.3 Å². The third-order valence-corrected chi connectivity index (χ3v) is 3.93. The fourth-order valence-corrected chi connectivity index (χ4v) is 2.64. The van der Waals surface area contributed by atoms with Gasteiger partial charge in [0.25, 0.3) is 11.6 Å². The Hall–Kier alpha value is -3.00. The van der Waals surface area contributed by atoms with Gasteiger partial charge in [0.05, 0.1) is 16.2 Å². The molecular formula is C18H15BrN2O5. The zero-order valence-corrected chi connectivity index (χ0v) is 15.4. The van der Waals surface area contributed by atoms with Crippen molar-refractivity contribution in [3.63, 3.8) is 0 Å². The van der Waals surface area contributed by atoms with Gasteiger partial charge in [0.1, 0.15) is 0 Å². The molecule has 2 rings (SSSR count). The van der Waals surface area contributed by atoms with Crippen molar-refractivity contribution in [1.29, 1.82) is 0 Å². The van der Waals surface area contributed by atoms with E-state index in [2.05, 4.69) is 21.2 Å². The molecule has 0 radical (unpaired) electrons. The number of carbonyl (C=O) groups excluding carboxylic acids is 2. The highest BCUT2D eigenvalue weighted by atomic mass is 79.9. The summed E-state index contributed by atoms with van der Waals surface area (Å²) in [7, 11) is 0. The van der Waals surface area contributed by atoms with Crippen molar-refractivity contribution in [2.75, 3.05) is 11.9 Å². The van der Waals surface area contributed by atoms with Crippen LogP contribution in [0.3, 0.4) is 0 Å². The van der Waals surface area contributed by atoms with Gasteiger partial charge in [0.2, 0.25) is 0 Å². The molecule has 2 aromatic rings. The first-order valence-corrected chi connectivity index (χ1v) is 8.30. The summed E-state index contributed by atoms with van der Waals surface area (Å²) in [4.78, 5) is 33.9. The Kier molecular flexibility index (Phi) is 6.62. The molecule has 0 bridgehead atoms. The molecule has 134 valence electrons. The van der Waals surface area contributed by atoms with E-state index < -0.39 is 23.4 Å². The van der Waals surface area contributed by atoms with Gasteiger partial charge in [-0.2, -0.15) is 0 Å². The predicted octanol–water partition coefficient (Wildman–Crippen LogP) is 3.86. The number of hydrogen-bond acceptors (Lipinski definition) is 5. The lowest BCUT2D eigenvalue weighted by atomic mass is 10.1. The Morgan fingerprint density at radius 1 is 1.27 bits per heavy atom. The van der Waals surface area contributed by atoms with E-state index in [9.17, 15) is 19.7 Å². The lowest BCUT2D eigenvalue weighted by molar-refractivity contribution is -0.385. The summed E-state index contributed by atoms with van der Waals surface area (Å²) in [6.45, 7) is 1.45. The number of nitro benzene ring substituents is 1. The quantitative estimate of drug-likeness (QED) is 0.332. The average molecular weight is 419 g/mol. The molecule has 1 amide bonds. The van der Waals surface area contributed by atoms with Crippen LogP contribution in [0.5, 0.6) is 0 Å². The number of carbonyl (C=O) groups is 2. The highest BCUT2D eigenvalue weighted by molar-refractivity contribution is 9.10. The minimum atomic E-state index is -0.777. The lowest BCUT2D eigenvalue weighted by Crippen LogP contribution is -2.20. The van der Waals surface area contributed by atoms with Gasteiger partial charge in [-0.15, -0.1) is 0 Å². The number of nitrogens with one attached hydrogen (secondary N) is 1. The standard InChI is InChI=1S/C18H15BrN2O5/c1-12-6-8-15(14(19)10-12)20-17(22)11-26-18(23)9-7-13-4-2-3-5-16(13)21(24)25/h2-10H,11H2,1H3,(H,20,22)/b9-7+. The van der Waals surface area contributed by atoms with Crippen LogP contribution in [-0.2, 0) is 14.3 Å². The molecular weight excluding hydrogens is 404 g/mol. The monoisotopic (exact) mass is 418 g/mol. The molecule has 0 aliphatic rings. The van der Waals surface area contributed by atoms with Crippen molar-refractivity contribution in [2.45, 2.75) is 6.92 Å². The second-order valence-electron chi connectivity index (χ2n) is 5.29. The van der Waals surface area contributed by atoms with E-state index in [0.717, 1.165) is 11.6 Å². The largest absolute Gasteiger partial charge is 0.452 e. The number of para-hydroxylation sites is 1. The van der Waals surface area contributed by atoms with Crippen LogP contribution in [0.4, 0.5) is 11.4 Å². The van der Waals surface area contributed by atoms with Crippen LogP contribution in [0.25, 0.3) is 6.08 Å². The Morgan fingerprint density at radius 2 is 2.00 bits per heavy atom. The summed E-state index contributed by atoms with van der Waals surface area (Å²) in [6.07, 6.45) is 2.31. The summed E-state index contributed by atoms with van der Waals surface area (Å²) in [5.41, 5.74) is 1.73. The highest BCUT2D eigenvalue weighted by Crippen LogP contribution is 2.23. The number of rotatable bonds is 6. The third kappa shape index (κ3) is 5.52. The number of ether oxygens (including phenoxy) is 1. The molecule has 0 spiro atoms. The van der Waals surface area contributed by atoms with Crippen molar-refractivity contribution in [2.24, 2.45) is 0 Å². The average Bonchev–Trinajstić information content (AvgIpc) is 2.60. The molecule has 0 saturated carbocycles. The van der Waals surface area contributed by atoms with Gasteiger partial charge >= 0.3 is 5.97 Å². The van der Waals surface area contributed by atoms with Crippen LogP contribution in [-0.4, -0.2) is 23.4 Å². The second-order valence-corrected chi connectivity index (χ2v) is 6.14. The highest BCUT2D eigenvalue weighted by Gasteiger charge is 2.11. The molecule has 8 heteroatoms. The fourth-order valence-electron chi connectivity index (χ4n) is 2.05. The van der Waals surface area contributed by atoms with Gasteiger partial charge in [0.15, 0.2) is 6.61 Å². The minimum absolute atomic E-state index is 0.126.